The fraction of sp³-hybridized carbons (Fsp3) is 0.474. The average Bonchev–Trinajstić information content (AvgIpc) is 3.35. The van der Waals surface area contributed by atoms with Gasteiger partial charge in [0, 0.05) is 26.3 Å². The third-order valence-corrected chi connectivity index (χ3v) is 5.67. The van der Waals surface area contributed by atoms with Crippen molar-refractivity contribution in [2.75, 3.05) is 20.1 Å². The molecule has 0 radical (unpaired) electrons. The minimum Gasteiger partial charge on any atom is -0.355 e. The Morgan fingerprint density at radius 3 is 2.59 bits per heavy atom. The Bertz CT molecular complexity index is 794. The lowest BCUT2D eigenvalue weighted by atomic mass is 9.85. The molecule has 2 aliphatic carbocycles. The molecule has 8 heteroatoms. The topological polar surface area (TPSA) is 86.7 Å². The van der Waals surface area contributed by atoms with Gasteiger partial charge in [0.05, 0.1) is 24.1 Å². The fourth-order valence-electron chi connectivity index (χ4n) is 4.41. The molecule has 4 unspecified atom stereocenters. The van der Waals surface area contributed by atoms with Crippen LogP contribution in [0.4, 0.5) is 4.39 Å². The van der Waals surface area contributed by atoms with Crippen LogP contribution in [0.2, 0.25) is 0 Å². The number of nitrogens with one attached hydrogen (secondary N) is 2. The van der Waals surface area contributed by atoms with Crippen LogP contribution in [-0.4, -0.2) is 47.8 Å². The van der Waals surface area contributed by atoms with E-state index >= 15 is 0 Å². The van der Waals surface area contributed by atoms with Gasteiger partial charge in [-0.3, -0.25) is 24.5 Å². The number of aromatic nitrogens is 1. The summed E-state index contributed by atoms with van der Waals surface area (Å²) in [7, 11) is 1.60. The van der Waals surface area contributed by atoms with E-state index in [-0.39, 0.29) is 47.8 Å². The maximum atomic E-state index is 13.6. The van der Waals surface area contributed by atoms with Gasteiger partial charge in [0.25, 0.3) is 0 Å². The summed E-state index contributed by atoms with van der Waals surface area (Å²) >= 11 is 0. The van der Waals surface area contributed by atoms with E-state index < -0.39 is 0 Å². The first kappa shape index (κ1) is 17.6. The third-order valence-electron chi connectivity index (χ3n) is 5.67. The van der Waals surface area contributed by atoms with E-state index in [0.29, 0.717) is 24.7 Å². The smallest absolute Gasteiger partial charge is 0.233 e. The van der Waals surface area contributed by atoms with Crippen molar-refractivity contribution in [3.8, 4) is 0 Å². The van der Waals surface area contributed by atoms with Gasteiger partial charge in [-0.1, -0.05) is 12.2 Å². The maximum absolute atomic E-state index is 13.6. The van der Waals surface area contributed by atoms with Crippen molar-refractivity contribution in [3.63, 3.8) is 0 Å². The van der Waals surface area contributed by atoms with Crippen molar-refractivity contribution in [3.05, 3.63) is 42.0 Å². The van der Waals surface area contributed by atoms with Gasteiger partial charge in [0.1, 0.15) is 5.82 Å². The van der Waals surface area contributed by atoms with Gasteiger partial charge in [0.15, 0.2) is 5.96 Å². The van der Waals surface area contributed by atoms with E-state index in [2.05, 4.69) is 32.8 Å². The van der Waals surface area contributed by atoms with Crippen LogP contribution in [0.15, 0.2) is 35.5 Å². The van der Waals surface area contributed by atoms with E-state index in [4.69, 9.17) is 0 Å². The lowest BCUT2D eigenvalue weighted by Gasteiger charge is -2.18. The molecule has 0 spiro atoms. The quantitative estimate of drug-likeness (QED) is 0.344. The molecule has 27 heavy (non-hydrogen) atoms. The lowest BCUT2D eigenvalue weighted by Crippen LogP contribution is -2.43. The van der Waals surface area contributed by atoms with E-state index in [1.54, 1.807) is 7.05 Å². The van der Waals surface area contributed by atoms with Crippen molar-refractivity contribution >= 4 is 17.8 Å². The predicted octanol–water partition coefficient (Wildman–Crippen LogP) is 0.693. The highest BCUT2D eigenvalue weighted by molar-refractivity contribution is 6.06. The Kier molecular flexibility index (Phi) is 4.63. The Hall–Kier alpha value is -2.77. The molecule has 1 aromatic heterocycles. The summed E-state index contributed by atoms with van der Waals surface area (Å²) in [5.41, 5.74) is 0.293. The number of guanidine groups is 1. The van der Waals surface area contributed by atoms with Gasteiger partial charge in [-0.2, -0.15) is 0 Å². The number of likely N-dealkylation sites (tertiary alicyclic amines) is 1. The number of amides is 2. The zero-order chi connectivity index (χ0) is 19.0. The van der Waals surface area contributed by atoms with E-state index in [0.717, 1.165) is 6.42 Å². The molecule has 4 rings (SSSR count). The second kappa shape index (κ2) is 7.09. The number of rotatable bonds is 5. The predicted molar refractivity (Wildman–Crippen MR) is 96.8 cm³/mol. The molecule has 4 atom stereocenters. The zero-order valence-corrected chi connectivity index (χ0v) is 15.1. The Morgan fingerprint density at radius 2 is 1.96 bits per heavy atom. The van der Waals surface area contributed by atoms with Crippen LogP contribution in [0.5, 0.6) is 0 Å². The molecule has 3 aliphatic rings. The van der Waals surface area contributed by atoms with E-state index in [1.165, 1.54) is 23.2 Å². The normalized spacial score (nSPS) is 28.8. The number of nitrogens with zero attached hydrogens (tertiary/aromatic N) is 3. The molecule has 2 amide bonds. The lowest BCUT2D eigenvalue weighted by molar-refractivity contribution is -0.140. The van der Waals surface area contributed by atoms with Gasteiger partial charge < -0.3 is 10.6 Å². The van der Waals surface area contributed by atoms with E-state index in [1.807, 2.05) is 0 Å². The van der Waals surface area contributed by atoms with Gasteiger partial charge in [-0.05, 0) is 30.4 Å². The summed E-state index contributed by atoms with van der Waals surface area (Å²) in [6, 6.07) is 2.89. The first-order chi connectivity index (χ1) is 13.1. The third kappa shape index (κ3) is 3.09. The molecule has 2 N–H and O–H groups in total. The molecule has 1 aliphatic heterocycles. The van der Waals surface area contributed by atoms with Crippen molar-refractivity contribution in [2.24, 2.45) is 28.7 Å². The van der Waals surface area contributed by atoms with Crippen LogP contribution < -0.4 is 10.6 Å². The van der Waals surface area contributed by atoms with Crippen molar-refractivity contribution in [1.82, 2.24) is 20.5 Å². The number of carbonyl (C=O) groups excluding carboxylic acids is 2. The van der Waals surface area contributed by atoms with E-state index in [9.17, 15) is 14.0 Å². The van der Waals surface area contributed by atoms with Crippen molar-refractivity contribution < 1.29 is 14.0 Å². The van der Waals surface area contributed by atoms with Crippen molar-refractivity contribution in [1.29, 1.82) is 0 Å². The Balaban J connectivity index is 1.28. The fourth-order valence-corrected chi connectivity index (χ4v) is 4.41. The second-order valence-electron chi connectivity index (χ2n) is 7.11. The minimum absolute atomic E-state index is 0.0536. The maximum Gasteiger partial charge on any atom is 0.233 e. The number of imide groups is 1. The highest BCUT2D eigenvalue weighted by Gasteiger charge is 2.58. The molecule has 2 fully saturated rings. The molecular formula is C19H22FN5O2. The second-order valence-corrected chi connectivity index (χ2v) is 7.11. The van der Waals surface area contributed by atoms with Gasteiger partial charge >= 0.3 is 0 Å². The largest absolute Gasteiger partial charge is 0.355 e. The average molecular weight is 371 g/mol. The number of hydrogen-bond acceptors (Lipinski definition) is 4. The molecular weight excluding hydrogens is 349 g/mol. The highest BCUT2D eigenvalue weighted by Crippen LogP contribution is 2.52. The minimum atomic E-state index is -0.386. The van der Waals surface area contributed by atoms with Gasteiger partial charge in [-0.15, -0.1) is 0 Å². The Morgan fingerprint density at radius 1 is 1.26 bits per heavy atom. The molecule has 1 saturated heterocycles. The van der Waals surface area contributed by atoms with Crippen LogP contribution in [0.1, 0.15) is 12.1 Å². The summed E-state index contributed by atoms with van der Waals surface area (Å²) in [4.78, 5) is 34.7. The SMILES string of the molecule is CN=C(NCCN1C(=O)C2C3C=CC(C3)C2C1=O)NCc1ncccc1F. The van der Waals surface area contributed by atoms with Crippen LogP contribution in [0, 0.1) is 29.5 Å². The molecule has 2 bridgehead atoms. The number of carbonyl (C=O) groups is 2. The molecule has 1 aromatic rings. The number of allylic oxidation sites excluding steroid dienone is 2. The highest BCUT2D eigenvalue weighted by atomic mass is 19.1. The number of pyridine rings is 1. The van der Waals surface area contributed by atoms with Crippen LogP contribution in [-0.2, 0) is 16.1 Å². The first-order valence-corrected chi connectivity index (χ1v) is 9.17. The zero-order valence-electron chi connectivity index (χ0n) is 15.1. The number of halogens is 1. The number of hydrogen-bond donors (Lipinski definition) is 2. The summed E-state index contributed by atoms with van der Waals surface area (Å²) in [5, 5.41) is 6.03. The van der Waals surface area contributed by atoms with Gasteiger partial charge in [0.2, 0.25) is 11.8 Å². The van der Waals surface area contributed by atoms with Crippen LogP contribution in [0.3, 0.4) is 0 Å². The standard InChI is InChI=1S/C19H22FN5O2/c1-21-19(24-10-14-13(20)3-2-6-22-14)23-7-8-25-17(26)15-11-4-5-12(9-11)16(15)18(25)27/h2-6,11-12,15-16H,7-10H2,1H3,(H2,21,23,24). The number of aliphatic imine (C=N–C) groups is 1. The summed E-state index contributed by atoms with van der Waals surface area (Å²) < 4.78 is 13.6. The monoisotopic (exact) mass is 371 g/mol. The number of fused-ring (bicyclic) bond motifs is 5. The molecule has 2 heterocycles. The molecule has 142 valence electrons. The van der Waals surface area contributed by atoms with Crippen LogP contribution in [0.25, 0.3) is 0 Å². The molecule has 7 nitrogen and oxygen atoms in total. The van der Waals surface area contributed by atoms with Crippen LogP contribution >= 0.6 is 0 Å². The molecule has 1 saturated carbocycles. The summed E-state index contributed by atoms with van der Waals surface area (Å²) in [6.45, 7) is 0.861. The van der Waals surface area contributed by atoms with Crippen molar-refractivity contribution in [2.45, 2.75) is 13.0 Å². The summed E-state index contributed by atoms with van der Waals surface area (Å²) in [5.74, 6) is 0.0669. The first-order valence-electron chi connectivity index (χ1n) is 9.17. The summed E-state index contributed by atoms with van der Waals surface area (Å²) in [6.07, 6.45) is 6.63. The molecule has 0 aromatic carbocycles. The van der Waals surface area contributed by atoms with Gasteiger partial charge in [-0.25, -0.2) is 4.39 Å². The Labute approximate surface area is 156 Å².